The second-order valence-electron chi connectivity index (χ2n) is 7.64. The largest absolute Gasteiger partial charge is 0.356 e. The van der Waals surface area contributed by atoms with E-state index < -0.39 is 0 Å². The lowest BCUT2D eigenvalue weighted by atomic mass is 9.87. The molecular weight excluding hydrogens is 439 g/mol. The molecule has 6 nitrogen and oxygen atoms in total. The molecule has 0 radical (unpaired) electrons. The highest BCUT2D eigenvalue weighted by Gasteiger charge is 2.17. The Morgan fingerprint density at radius 1 is 1.08 bits per heavy atom. The van der Waals surface area contributed by atoms with Crippen LogP contribution in [0.4, 0.5) is 0 Å². The standard InChI is InChI=1S/C19H38N6.HI/c1-7-9-11-12-19(4,5)15-22-18(20-13-10-8-2)21-14-17-24-23-16(3)25(17)6;/h7-15H2,1-6H3,(H2,20,21,22);1H. The fraction of sp³-hybridized carbons (Fsp3) is 0.842. The molecule has 0 aliphatic rings. The highest BCUT2D eigenvalue weighted by Crippen LogP contribution is 2.22. The Balaban J connectivity index is 0.00000625. The molecule has 0 saturated heterocycles. The number of halogens is 1. The van der Waals surface area contributed by atoms with E-state index in [1.54, 1.807) is 0 Å². The molecule has 1 aromatic rings. The lowest BCUT2D eigenvalue weighted by Gasteiger charge is -2.26. The molecule has 152 valence electrons. The Kier molecular flexibility index (Phi) is 12.9. The molecule has 0 saturated carbocycles. The van der Waals surface area contributed by atoms with E-state index in [2.05, 4.69) is 48.5 Å². The lowest BCUT2D eigenvalue weighted by molar-refractivity contribution is 0.318. The summed E-state index contributed by atoms with van der Waals surface area (Å²) in [5, 5.41) is 15.3. The van der Waals surface area contributed by atoms with Gasteiger partial charge in [-0.05, 0) is 25.2 Å². The van der Waals surface area contributed by atoms with Gasteiger partial charge in [0, 0.05) is 20.1 Å². The van der Waals surface area contributed by atoms with Crippen LogP contribution in [0.25, 0.3) is 0 Å². The predicted molar refractivity (Wildman–Crippen MR) is 121 cm³/mol. The van der Waals surface area contributed by atoms with Gasteiger partial charge in [-0.15, -0.1) is 34.2 Å². The van der Waals surface area contributed by atoms with Crippen LogP contribution in [0.15, 0.2) is 4.99 Å². The average Bonchev–Trinajstić information content (AvgIpc) is 2.89. The maximum absolute atomic E-state index is 4.71. The Hall–Kier alpha value is -0.860. The van der Waals surface area contributed by atoms with Crippen molar-refractivity contribution < 1.29 is 0 Å². The van der Waals surface area contributed by atoms with Crippen LogP contribution in [0.3, 0.4) is 0 Å². The van der Waals surface area contributed by atoms with E-state index >= 15 is 0 Å². The first-order chi connectivity index (χ1) is 11.9. The molecule has 1 heterocycles. The van der Waals surface area contributed by atoms with Gasteiger partial charge in [-0.25, -0.2) is 4.99 Å². The van der Waals surface area contributed by atoms with E-state index in [1.165, 1.54) is 32.1 Å². The smallest absolute Gasteiger partial charge is 0.191 e. The molecule has 1 rings (SSSR count). The van der Waals surface area contributed by atoms with Gasteiger partial charge < -0.3 is 15.2 Å². The number of aliphatic imine (C=N–C) groups is 1. The molecule has 0 amide bonds. The molecule has 0 bridgehead atoms. The highest BCUT2D eigenvalue weighted by molar-refractivity contribution is 14.0. The van der Waals surface area contributed by atoms with Gasteiger partial charge in [-0.1, -0.05) is 53.4 Å². The van der Waals surface area contributed by atoms with E-state index in [0.29, 0.717) is 6.54 Å². The van der Waals surface area contributed by atoms with Crippen molar-refractivity contribution >= 4 is 29.9 Å². The molecule has 0 aromatic carbocycles. The van der Waals surface area contributed by atoms with Gasteiger partial charge in [-0.2, -0.15) is 0 Å². The predicted octanol–water partition coefficient (Wildman–Crippen LogP) is 4.18. The maximum atomic E-state index is 4.71. The first-order valence-corrected chi connectivity index (χ1v) is 9.76. The van der Waals surface area contributed by atoms with Crippen molar-refractivity contribution in [3.8, 4) is 0 Å². The van der Waals surface area contributed by atoms with Crippen LogP contribution in [-0.4, -0.2) is 33.8 Å². The number of nitrogens with one attached hydrogen (secondary N) is 2. The van der Waals surface area contributed by atoms with E-state index in [0.717, 1.165) is 37.1 Å². The maximum Gasteiger partial charge on any atom is 0.191 e. The van der Waals surface area contributed by atoms with Gasteiger partial charge in [0.05, 0.1) is 0 Å². The monoisotopic (exact) mass is 478 g/mol. The van der Waals surface area contributed by atoms with Crippen LogP contribution < -0.4 is 10.6 Å². The van der Waals surface area contributed by atoms with Gasteiger partial charge in [0.2, 0.25) is 0 Å². The van der Waals surface area contributed by atoms with Crippen molar-refractivity contribution in [1.29, 1.82) is 0 Å². The van der Waals surface area contributed by atoms with Crippen molar-refractivity contribution in [3.63, 3.8) is 0 Å². The van der Waals surface area contributed by atoms with Crippen molar-refractivity contribution in [3.05, 3.63) is 11.6 Å². The van der Waals surface area contributed by atoms with Gasteiger partial charge in [-0.3, -0.25) is 0 Å². The van der Waals surface area contributed by atoms with E-state index in [-0.39, 0.29) is 29.4 Å². The topological polar surface area (TPSA) is 67.1 Å². The molecule has 26 heavy (non-hydrogen) atoms. The summed E-state index contributed by atoms with van der Waals surface area (Å²) >= 11 is 0. The molecule has 0 atom stereocenters. The summed E-state index contributed by atoms with van der Waals surface area (Å²) in [4.78, 5) is 4.71. The Labute approximate surface area is 177 Å². The van der Waals surface area contributed by atoms with E-state index in [4.69, 9.17) is 4.99 Å². The average molecular weight is 478 g/mol. The third-order valence-corrected chi connectivity index (χ3v) is 4.58. The van der Waals surface area contributed by atoms with Crippen molar-refractivity contribution in [1.82, 2.24) is 25.4 Å². The summed E-state index contributed by atoms with van der Waals surface area (Å²) in [6.07, 6.45) is 7.42. The quantitative estimate of drug-likeness (QED) is 0.217. The third-order valence-electron chi connectivity index (χ3n) is 4.58. The first kappa shape index (κ1) is 25.1. The van der Waals surface area contributed by atoms with Crippen LogP contribution in [0.1, 0.15) is 77.9 Å². The molecule has 7 heteroatoms. The zero-order valence-corrected chi connectivity index (χ0v) is 19.9. The zero-order chi connectivity index (χ0) is 18.7. The van der Waals surface area contributed by atoms with Gasteiger partial charge in [0.25, 0.3) is 0 Å². The van der Waals surface area contributed by atoms with Crippen molar-refractivity contribution in [2.24, 2.45) is 17.5 Å². The summed E-state index contributed by atoms with van der Waals surface area (Å²) in [7, 11) is 1.98. The number of rotatable bonds is 11. The fourth-order valence-corrected chi connectivity index (χ4v) is 2.56. The van der Waals surface area contributed by atoms with Crippen molar-refractivity contribution in [2.45, 2.75) is 79.7 Å². The molecule has 2 N–H and O–H groups in total. The molecule has 0 unspecified atom stereocenters. The SMILES string of the molecule is CCCCCC(C)(C)CNC(=NCc1nnc(C)n1C)NCCCC.I. The van der Waals surface area contributed by atoms with Crippen LogP contribution >= 0.6 is 24.0 Å². The van der Waals surface area contributed by atoms with Gasteiger partial charge in [0.1, 0.15) is 12.4 Å². The molecule has 0 fully saturated rings. The number of nitrogens with zero attached hydrogens (tertiary/aromatic N) is 4. The second-order valence-corrected chi connectivity index (χ2v) is 7.64. The Morgan fingerprint density at radius 2 is 1.77 bits per heavy atom. The summed E-state index contributed by atoms with van der Waals surface area (Å²) in [6.45, 7) is 13.5. The second kappa shape index (κ2) is 13.3. The van der Waals surface area contributed by atoms with Gasteiger partial charge in [0.15, 0.2) is 11.8 Å². The molecule has 0 spiro atoms. The van der Waals surface area contributed by atoms with Crippen LogP contribution in [0.2, 0.25) is 0 Å². The third kappa shape index (κ3) is 9.73. The van der Waals surface area contributed by atoms with E-state index in [1.807, 2.05) is 18.5 Å². The number of aromatic nitrogens is 3. The van der Waals surface area contributed by atoms with E-state index in [9.17, 15) is 0 Å². The highest BCUT2D eigenvalue weighted by atomic mass is 127. The van der Waals surface area contributed by atoms with Crippen LogP contribution in [0, 0.1) is 12.3 Å². The first-order valence-electron chi connectivity index (χ1n) is 9.76. The Morgan fingerprint density at radius 3 is 2.35 bits per heavy atom. The minimum Gasteiger partial charge on any atom is -0.356 e. The normalized spacial score (nSPS) is 12.0. The minimum absolute atomic E-state index is 0. The van der Waals surface area contributed by atoms with Gasteiger partial charge >= 0.3 is 0 Å². The Bertz CT molecular complexity index is 524. The van der Waals surface area contributed by atoms with Crippen LogP contribution in [-0.2, 0) is 13.6 Å². The lowest BCUT2D eigenvalue weighted by Crippen LogP contribution is -2.42. The molecule has 1 aromatic heterocycles. The summed E-state index contributed by atoms with van der Waals surface area (Å²) in [6, 6.07) is 0. The van der Waals surface area contributed by atoms with Crippen LogP contribution in [0.5, 0.6) is 0 Å². The molecule has 0 aliphatic heterocycles. The number of guanidine groups is 1. The molecular formula is C19H39IN6. The molecule has 0 aliphatic carbocycles. The number of hydrogen-bond acceptors (Lipinski definition) is 3. The zero-order valence-electron chi connectivity index (χ0n) is 17.6. The summed E-state index contributed by atoms with van der Waals surface area (Å²) < 4.78 is 1.99. The number of unbranched alkanes of at least 4 members (excludes halogenated alkanes) is 3. The minimum atomic E-state index is 0. The summed E-state index contributed by atoms with van der Waals surface area (Å²) in [5.74, 6) is 2.67. The van der Waals surface area contributed by atoms with Crippen molar-refractivity contribution in [2.75, 3.05) is 13.1 Å². The summed E-state index contributed by atoms with van der Waals surface area (Å²) in [5.41, 5.74) is 0.268. The number of hydrogen-bond donors (Lipinski definition) is 2. The number of aryl methyl sites for hydroxylation is 1. The fourth-order valence-electron chi connectivity index (χ4n) is 2.56.